The van der Waals surface area contributed by atoms with E-state index in [2.05, 4.69) is 5.32 Å². The van der Waals surface area contributed by atoms with Gasteiger partial charge in [0.15, 0.2) is 0 Å². The minimum absolute atomic E-state index is 0.275. The Bertz CT molecular complexity index is 508. The van der Waals surface area contributed by atoms with Crippen molar-refractivity contribution in [3.63, 3.8) is 0 Å². The summed E-state index contributed by atoms with van der Waals surface area (Å²) in [5.74, 6) is 0.832. The summed E-state index contributed by atoms with van der Waals surface area (Å²) in [6.07, 6.45) is 0.929. The summed E-state index contributed by atoms with van der Waals surface area (Å²) >= 11 is 0. The van der Waals surface area contributed by atoms with Crippen LogP contribution in [0.5, 0.6) is 5.75 Å². The molecule has 0 aliphatic carbocycles. The number of rotatable bonds is 6. The maximum Gasteiger partial charge on any atom is 0.141 e. The molecule has 0 amide bonds. The van der Waals surface area contributed by atoms with E-state index in [1.165, 1.54) is 0 Å². The summed E-state index contributed by atoms with van der Waals surface area (Å²) in [6, 6.07) is 17.2. The van der Waals surface area contributed by atoms with Crippen LogP contribution < -0.4 is 10.1 Å². The van der Waals surface area contributed by atoms with Gasteiger partial charge < -0.3 is 9.53 Å². The van der Waals surface area contributed by atoms with Gasteiger partial charge in [0.2, 0.25) is 0 Å². The highest BCUT2D eigenvalue weighted by molar-refractivity contribution is 5.61. The second-order valence-electron chi connectivity index (χ2n) is 4.25. The molecule has 0 radical (unpaired) electrons. The molecule has 0 spiro atoms. The zero-order chi connectivity index (χ0) is 13.5. The Morgan fingerprint density at radius 1 is 1.11 bits per heavy atom. The molecule has 0 saturated heterocycles. The summed E-state index contributed by atoms with van der Waals surface area (Å²) in [5.41, 5.74) is 2.09. The van der Waals surface area contributed by atoms with Gasteiger partial charge in [-0.05, 0) is 23.3 Å². The zero-order valence-electron chi connectivity index (χ0n) is 10.9. The Kier molecular flexibility index (Phi) is 4.70. The number of hydrogen-bond donors (Lipinski definition) is 1. The van der Waals surface area contributed by atoms with Crippen LogP contribution in [0.2, 0.25) is 0 Å². The molecule has 1 unspecified atom stereocenters. The molecule has 0 saturated carbocycles. The first kappa shape index (κ1) is 13.3. The predicted molar refractivity (Wildman–Crippen MR) is 75.1 cm³/mol. The van der Waals surface area contributed by atoms with Crippen LogP contribution in [0.1, 0.15) is 17.2 Å². The van der Waals surface area contributed by atoms with E-state index in [0.717, 1.165) is 23.2 Å². The van der Waals surface area contributed by atoms with Crippen molar-refractivity contribution in [2.75, 3.05) is 7.11 Å². The Morgan fingerprint density at radius 3 is 2.37 bits per heavy atom. The van der Waals surface area contributed by atoms with Gasteiger partial charge in [-0.25, -0.2) is 0 Å². The number of carbonyl (C=O) groups is 1. The molecule has 0 aliphatic heterocycles. The van der Waals surface area contributed by atoms with Gasteiger partial charge in [-0.15, -0.1) is 0 Å². The molecule has 1 atom stereocenters. The maximum atomic E-state index is 11.1. The summed E-state index contributed by atoms with van der Waals surface area (Å²) in [4.78, 5) is 11.1. The normalized spacial score (nSPS) is 11.8. The van der Waals surface area contributed by atoms with E-state index in [-0.39, 0.29) is 6.04 Å². The minimum atomic E-state index is -0.275. The zero-order valence-corrected chi connectivity index (χ0v) is 10.9. The first-order valence-corrected chi connectivity index (χ1v) is 6.20. The lowest BCUT2D eigenvalue weighted by molar-refractivity contribution is -0.109. The van der Waals surface area contributed by atoms with Crippen molar-refractivity contribution in [1.82, 2.24) is 5.32 Å². The molecule has 2 rings (SSSR count). The van der Waals surface area contributed by atoms with Gasteiger partial charge in [-0.3, -0.25) is 5.32 Å². The molecule has 1 N–H and O–H groups in total. The molecule has 3 nitrogen and oxygen atoms in total. The molecule has 0 bridgehead atoms. The Hall–Kier alpha value is -2.13. The highest BCUT2D eigenvalue weighted by atomic mass is 16.5. The van der Waals surface area contributed by atoms with Gasteiger partial charge in [0, 0.05) is 6.54 Å². The predicted octanol–water partition coefficient (Wildman–Crippen LogP) is 2.73. The molecule has 2 aromatic carbocycles. The van der Waals surface area contributed by atoms with Crippen LogP contribution in [-0.2, 0) is 11.3 Å². The minimum Gasteiger partial charge on any atom is -0.497 e. The van der Waals surface area contributed by atoms with Gasteiger partial charge in [-0.1, -0.05) is 42.5 Å². The highest BCUT2D eigenvalue weighted by Crippen LogP contribution is 2.13. The molecular formula is C16H17NO2. The van der Waals surface area contributed by atoms with E-state index in [4.69, 9.17) is 4.74 Å². The lowest BCUT2D eigenvalue weighted by Gasteiger charge is -2.13. The standard InChI is InChI=1S/C16H17NO2/c1-19-15-9-7-13(8-10-15)11-17-16(12-18)14-5-3-2-4-6-14/h2-10,12,16-17H,11H2,1H3. The Labute approximate surface area is 113 Å². The molecule has 2 aromatic rings. The number of nitrogens with one attached hydrogen (secondary N) is 1. The lowest BCUT2D eigenvalue weighted by atomic mass is 10.1. The Balaban J connectivity index is 1.98. The maximum absolute atomic E-state index is 11.1. The van der Waals surface area contributed by atoms with Crippen molar-refractivity contribution in [2.45, 2.75) is 12.6 Å². The van der Waals surface area contributed by atoms with Crippen LogP contribution in [-0.4, -0.2) is 13.4 Å². The van der Waals surface area contributed by atoms with E-state index in [1.807, 2.05) is 54.6 Å². The molecule has 3 heteroatoms. The fourth-order valence-electron chi connectivity index (χ4n) is 1.88. The summed E-state index contributed by atoms with van der Waals surface area (Å²) in [5, 5.41) is 3.23. The van der Waals surface area contributed by atoms with Crippen LogP contribution in [0.4, 0.5) is 0 Å². The first-order chi connectivity index (χ1) is 9.33. The number of carbonyl (C=O) groups excluding carboxylic acids is 1. The molecule has 0 heterocycles. The Morgan fingerprint density at radius 2 is 1.79 bits per heavy atom. The van der Waals surface area contributed by atoms with Crippen LogP contribution in [0.25, 0.3) is 0 Å². The van der Waals surface area contributed by atoms with Crippen molar-refractivity contribution in [3.8, 4) is 5.75 Å². The number of ether oxygens (including phenoxy) is 1. The monoisotopic (exact) mass is 255 g/mol. The molecule has 19 heavy (non-hydrogen) atoms. The number of benzene rings is 2. The van der Waals surface area contributed by atoms with E-state index in [0.29, 0.717) is 6.54 Å². The molecule has 98 valence electrons. The largest absolute Gasteiger partial charge is 0.497 e. The second-order valence-corrected chi connectivity index (χ2v) is 4.25. The van der Waals surface area contributed by atoms with Crippen molar-refractivity contribution < 1.29 is 9.53 Å². The average Bonchev–Trinajstić information content (AvgIpc) is 2.49. The number of methoxy groups -OCH3 is 1. The fourth-order valence-corrected chi connectivity index (χ4v) is 1.88. The topological polar surface area (TPSA) is 38.3 Å². The van der Waals surface area contributed by atoms with Crippen LogP contribution in [0, 0.1) is 0 Å². The van der Waals surface area contributed by atoms with Crippen LogP contribution in [0.3, 0.4) is 0 Å². The van der Waals surface area contributed by atoms with Crippen molar-refractivity contribution in [2.24, 2.45) is 0 Å². The van der Waals surface area contributed by atoms with Gasteiger partial charge in [0.05, 0.1) is 13.2 Å². The van der Waals surface area contributed by atoms with Gasteiger partial charge in [0.1, 0.15) is 12.0 Å². The van der Waals surface area contributed by atoms with E-state index >= 15 is 0 Å². The van der Waals surface area contributed by atoms with E-state index in [1.54, 1.807) is 7.11 Å². The smallest absolute Gasteiger partial charge is 0.141 e. The molecular weight excluding hydrogens is 238 g/mol. The van der Waals surface area contributed by atoms with Crippen molar-refractivity contribution in [1.29, 1.82) is 0 Å². The van der Waals surface area contributed by atoms with Gasteiger partial charge in [-0.2, -0.15) is 0 Å². The van der Waals surface area contributed by atoms with E-state index < -0.39 is 0 Å². The fraction of sp³-hybridized carbons (Fsp3) is 0.188. The first-order valence-electron chi connectivity index (χ1n) is 6.20. The van der Waals surface area contributed by atoms with Crippen LogP contribution >= 0.6 is 0 Å². The lowest BCUT2D eigenvalue weighted by Crippen LogP contribution is -2.21. The van der Waals surface area contributed by atoms with Crippen LogP contribution in [0.15, 0.2) is 54.6 Å². The third-order valence-corrected chi connectivity index (χ3v) is 2.98. The average molecular weight is 255 g/mol. The summed E-state index contributed by atoms with van der Waals surface area (Å²) in [7, 11) is 1.64. The van der Waals surface area contributed by atoms with Gasteiger partial charge in [0.25, 0.3) is 0 Å². The van der Waals surface area contributed by atoms with E-state index in [9.17, 15) is 4.79 Å². The summed E-state index contributed by atoms with van der Waals surface area (Å²) < 4.78 is 5.11. The third kappa shape index (κ3) is 3.66. The third-order valence-electron chi connectivity index (χ3n) is 2.98. The van der Waals surface area contributed by atoms with Gasteiger partial charge >= 0.3 is 0 Å². The summed E-state index contributed by atoms with van der Waals surface area (Å²) in [6.45, 7) is 0.641. The number of hydrogen-bond acceptors (Lipinski definition) is 3. The quantitative estimate of drug-likeness (QED) is 0.807. The van der Waals surface area contributed by atoms with Crippen molar-refractivity contribution >= 4 is 6.29 Å². The number of aldehydes is 1. The molecule has 0 aromatic heterocycles. The molecule has 0 aliphatic rings. The molecule has 0 fully saturated rings. The SMILES string of the molecule is COc1ccc(CNC(C=O)c2ccccc2)cc1. The highest BCUT2D eigenvalue weighted by Gasteiger charge is 2.08. The van der Waals surface area contributed by atoms with Crippen molar-refractivity contribution in [3.05, 3.63) is 65.7 Å². The second kappa shape index (κ2) is 6.71.